The van der Waals surface area contributed by atoms with E-state index in [0.717, 1.165) is 51.4 Å². The van der Waals surface area contributed by atoms with Crippen LogP contribution in [-0.4, -0.2) is 35.5 Å². The van der Waals surface area contributed by atoms with Crippen LogP contribution >= 0.6 is 0 Å². The van der Waals surface area contributed by atoms with Gasteiger partial charge >= 0.3 is 5.97 Å². The van der Waals surface area contributed by atoms with E-state index in [1.165, 1.54) is 7.11 Å². The molecule has 0 amide bonds. The van der Waals surface area contributed by atoms with E-state index in [9.17, 15) is 15.0 Å². The van der Waals surface area contributed by atoms with Crippen molar-refractivity contribution in [1.82, 2.24) is 0 Å². The molecule has 4 heteroatoms. The van der Waals surface area contributed by atoms with E-state index in [2.05, 4.69) is 11.7 Å². The van der Waals surface area contributed by atoms with Gasteiger partial charge in [-0.2, -0.15) is 0 Å². The molecule has 0 aromatic heterocycles. The highest BCUT2D eigenvalue weighted by Crippen LogP contribution is 2.12. The summed E-state index contributed by atoms with van der Waals surface area (Å²) in [6, 6.07) is 0. The van der Waals surface area contributed by atoms with Gasteiger partial charge in [-0.25, -0.2) is 0 Å². The van der Waals surface area contributed by atoms with Crippen LogP contribution in [0.3, 0.4) is 0 Å². The van der Waals surface area contributed by atoms with Crippen LogP contribution in [0.5, 0.6) is 0 Å². The zero-order valence-corrected chi connectivity index (χ0v) is 12.4. The lowest BCUT2D eigenvalue weighted by molar-refractivity contribution is -0.142. The van der Waals surface area contributed by atoms with Gasteiger partial charge in [0, 0.05) is 0 Å². The Bertz CT molecular complexity index is 218. The average molecular weight is 274 g/mol. The zero-order valence-electron chi connectivity index (χ0n) is 12.4. The number of methoxy groups -OCH3 is 1. The van der Waals surface area contributed by atoms with Gasteiger partial charge in [-0.15, -0.1) is 0 Å². The van der Waals surface area contributed by atoms with Crippen molar-refractivity contribution in [3.63, 3.8) is 0 Å². The third-order valence-electron chi connectivity index (χ3n) is 3.33. The average Bonchev–Trinajstić information content (AvgIpc) is 2.37. The lowest BCUT2D eigenvalue weighted by atomic mass is 10.0. The molecule has 19 heavy (non-hydrogen) atoms. The summed E-state index contributed by atoms with van der Waals surface area (Å²) in [5.41, 5.74) is 0. The smallest absolute Gasteiger partial charge is 0.308 e. The third kappa shape index (κ3) is 12.2. The molecule has 2 N–H and O–H groups in total. The Hall–Kier alpha value is -0.610. The molecule has 0 radical (unpaired) electrons. The molecule has 0 aromatic carbocycles. The number of carbonyl (C=O) groups excluding carboxylic acids is 1. The Kier molecular flexibility index (Phi) is 12.0. The Balaban J connectivity index is 3.29. The highest BCUT2D eigenvalue weighted by molar-refractivity contribution is 5.69. The molecule has 114 valence electrons. The van der Waals surface area contributed by atoms with Gasteiger partial charge in [0.05, 0.1) is 25.7 Å². The molecule has 0 saturated heterocycles. The maximum Gasteiger partial charge on any atom is 0.308 e. The van der Waals surface area contributed by atoms with Crippen molar-refractivity contribution < 1.29 is 19.7 Å². The molecular weight excluding hydrogens is 244 g/mol. The fraction of sp³-hybridized carbons (Fsp3) is 0.933. The van der Waals surface area contributed by atoms with Crippen molar-refractivity contribution in [3.8, 4) is 0 Å². The Labute approximate surface area is 117 Å². The highest BCUT2D eigenvalue weighted by Gasteiger charge is 2.10. The van der Waals surface area contributed by atoms with Crippen LogP contribution in [0.1, 0.15) is 71.1 Å². The Morgan fingerprint density at radius 3 is 2.00 bits per heavy atom. The van der Waals surface area contributed by atoms with Crippen LogP contribution in [0.15, 0.2) is 0 Å². The topological polar surface area (TPSA) is 66.8 Å². The van der Waals surface area contributed by atoms with E-state index in [1.54, 1.807) is 0 Å². The minimum atomic E-state index is -0.571. The molecule has 0 rings (SSSR count). The van der Waals surface area contributed by atoms with E-state index in [-0.39, 0.29) is 18.5 Å². The van der Waals surface area contributed by atoms with Crippen LogP contribution in [0.25, 0.3) is 0 Å². The number of carbonyl (C=O) groups is 1. The van der Waals surface area contributed by atoms with E-state index in [1.807, 2.05) is 0 Å². The summed E-state index contributed by atoms with van der Waals surface area (Å²) in [5, 5.41) is 19.1. The van der Waals surface area contributed by atoms with Gasteiger partial charge < -0.3 is 14.9 Å². The van der Waals surface area contributed by atoms with Gasteiger partial charge in [0.15, 0.2) is 0 Å². The standard InChI is InChI=1S/C15H30O4/c1-3-9-13(16)10-7-5-4-6-8-11-14(17)12-15(18)19-2/h13-14,16-17H,3-12H2,1-2H3/t13-,14-/m0/s1. The van der Waals surface area contributed by atoms with Crippen LogP contribution in [0.2, 0.25) is 0 Å². The second kappa shape index (κ2) is 12.4. The summed E-state index contributed by atoms with van der Waals surface area (Å²) in [4.78, 5) is 10.9. The molecule has 0 aliphatic carbocycles. The first-order chi connectivity index (χ1) is 9.10. The van der Waals surface area contributed by atoms with Gasteiger partial charge in [0.25, 0.3) is 0 Å². The number of aliphatic hydroxyl groups is 2. The van der Waals surface area contributed by atoms with E-state index in [0.29, 0.717) is 6.42 Å². The molecule has 0 heterocycles. The molecule has 0 spiro atoms. The maximum absolute atomic E-state index is 10.9. The molecule has 2 atom stereocenters. The van der Waals surface area contributed by atoms with E-state index < -0.39 is 6.10 Å². The lowest BCUT2D eigenvalue weighted by Gasteiger charge is -2.10. The summed E-state index contributed by atoms with van der Waals surface area (Å²) in [5.74, 6) is -0.350. The van der Waals surface area contributed by atoms with Crippen molar-refractivity contribution in [2.75, 3.05) is 7.11 Å². The minimum absolute atomic E-state index is 0.0969. The molecule has 0 fully saturated rings. The molecule has 0 aliphatic rings. The van der Waals surface area contributed by atoms with Crippen LogP contribution in [0, 0.1) is 0 Å². The first kappa shape index (κ1) is 18.4. The molecule has 0 aliphatic heterocycles. The predicted molar refractivity (Wildman–Crippen MR) is 75.9 cm³/mol. The summed E-state index contributed by atoms with van der Waals surface area (Å²) < 4.78 is 4.50. The summed E-state index contributed by atoms with van der Waals surface area (Å²) in [6.07, 6.45) is 8.25. The largest absolute Gasteiger partial charge is 0.469 e. The van der Waals surface area contributed by atoms with E-state index >= 15 is 0 Å². The van der Waals surface area contributed by atoms with Crippen LogP contribution < -0.4 is 0 Å². The van der Waals surface area contributed by atoms with E-state index in [4.69, 9.17) is 0 Å². The molecule has 0 aromatic rings. The molecule has 4 nitrogen and oxygen atoms in total. The zero-order chi connectivity index (χ0) is 14.5. The summed E-state index contributed by atoms with van der Waals surface area (Å²) in [7, 11) is 1.34. The second-order valence-electron chi connectivity index (χ2n) is 5.22. The maximum atomic E-state index is 10.9. The van der Waals surface area contributed by atoms with Crippen molar-refractivity contribution in [3.05, 3.63) is 0 Å². The van der Waals surface area contributed by atoms with Crippen molar-refractivity contribution >= 4 is 5.97 Å². The monoisotopic (exact) mass is 274 g/mol. The molecule has 0 unspecified atom stereocenters. The quantitative estimate of drug-likeness (QED) is 0.424. The number of ether oxygens (including phenoxy) is 1. The normalized spacial score (nSPS) is 14.1. The van der Waals surface area contributed by atoms with Crippen molar-refractivity contribution in [2.24, 2.45) is 0 Å². The Morgan fingerprint density at radius 2 is 1.47 bits per heavy atom. The fourth-order valence-corrected chi connectivity index (χ4v) is 2.15. The number of unbranched alkanes of at least 4 members (excludes halogenated alkanes) is 4. The first-order valence-electron chi connectivity index (χ1n) is 7.53. The van der Waals surface area contributed by atoms with Crippen molar-refractivity contribution in [1.29, 1.82) is 0 Å². The van der Waals surface area contributed by atoms with Crippen molar-refractivity contribution in [2.45, 2.75) is 83.3 Å². The minimum Gasteiger partial charge on any atom is -0.469 e. The fourth-order valence-electron chi connectivity index (χ4n) is 2.15. The highest BCUT2D eigenvalue weighted by atomic mass is 16.5. The number of esters is 1. The SMILES string of the molecule is CCC[C@H](O)CCCCCCC[C@H](O)CC(=O)OC. The number of aliphatic hydroxyl groups excluding tert-OH is 2. The molecule has 0 saturated carbocycles. The number of rotatable bonds is 12. The first-order valence-corrected chi connectivity index (χ1v) is 7.53. The van der Waals surface area contributed by atoms with Gasteiger partial charge in [-0.05, 0) is 19.3 Å². The number of hydrogen-bond donors (Lipinski definition) is 2. The molecular formula is C15H30O4. The van der Waals surface area contributed by atoms with Crippen LogP contribution in [0.4, 0.5) is 0 Å². The second-order valence-corrected chi connectivity index (χ2v) is 5.22. The predicted octanol–water partition coefficient (Wildman–Crippen LogP) is 2.80. The summed E-state index contributed by atoms with van der Waals surface area (Å²) in [6.45, 7) is 2.09. The molecule has 0 bridgehead atoms. The van der Waals surface area contributed by atoms with Gasteiger partial charge in [0.1, 0.15) is 0 Å². The summed E-state index contributed by atoms with van der Waals surface area (Å²) >= 11 is 0. The van der Waals surface area contributed by atoms with Gasteiger partial charge in [-0.3, -0.25) is 4.79 Å². The van der Waals surface area contributed by atoms with Crippen LogP contribution in [-0.2, 0) is 9.53 Å². The van der Waals surface area contributed by atoms with Gasteiger partial charge in [0.2, 0.25) is 0 Å². The third-order valence-corrected chi connectivity index (χ3v) is 3.33. The lowest BCUT2D eigenvalue weighted by Crippen LogP contribution is -2.14. The Morgan fingerprint density at radius 1 is 0.947 bits per heavy atom. The van der Waals surface area contributed by atoms with Gasteiger partial charge in [-0.1, -0.05) is 45.4 Å². The number of hydrogen-bond acceptors (Lipinski definition) is 4.